The molecule has 0 spiro atoms. The number of hydrogen-bond acceptors (Lipinski definition) is 1. The van der Waals surface area contributed by atoms with Gasteiger partial charge in [0.05, 0.1) is 5.92 Å². The minimum absolute atomic E-state index is 0.0676. The summed E-state index contributed by atoms with van der Waals surface area (Å²) >= 11 is 0. The molecule has 0 aromatic rings. The van der Waals surface area contributed by atoms with E-state index in [-0.39, 0.29) is 5.92 Å². The predicted octanol–water partition coefficient (Wildman–Crippen LogP) is 3.55. The first-order valence-corrected chi connectivity index (χ1v) is 6.89. The van der Waals surface area contributed by atoms with Crippen molar-refractivity contribution in [3.63, 3.8) is 0 Å². The average Bonchev–Trinajstić information content (AvgIpc) is 2.38. The fourth-order valence-electron chi connectivity index (χ4n) is 2.36. The Kier molecular flexibility index (Phi) is 6.03. The van der Waals surface area contributed by atoms with Crippen molar-refractivity contribution in [3.05, 3.63) is 23.8 Å². The van der Waals surface area contributed by atoms with E-state index in [4.69, 9.17) is 0 Å². The lowest BCUT2D eigenvalue weighted by Gasteiger charge is -2.26. The van der Waals surface area contributed by atoms with Crippen LogP contribution in [-0.4, -0.2) is 23.9 Å². The Hall–Kier alpha value is -1.05. The van der Waals surface area contributed by atoms with Crippen LogP contribution < -0.4 is 0 Å². The second-order valence-corrected chi connectivity index (χ2v) is 4.56. The Labute approximate surface area is 105 Å². The molecule has 0 saturated heterocycles. The second-order valence-electron chi connectivity index (χ2n) is 4.56. The molecule has 0 unspecified atom stereocenters. The first-order chi connectivity index (χ1) is 8.24. The molecule has 1 aliphatic rings. The third kappa shape index (κ3) is 3.72. The van der Waals surface area contributed by atoms with Crippen LogP contribution in [0.1, 0.15) is 46.5 Å². The molecule has 1 atom stereocenters. The van der Waals surface area contributed by atoms with Crippen molar-refractivity contribution in [1.29, 1.82) is 0 Å². The molecular formula is C15H25NO. The summed E-state index contributed by atoms with van der Waals surface area (Å²) in [6.07, 6.45) is 10.7. The maximum Gasteiger partial charge on any atom is 0.230 e. The van der Waals surface area contributed by atoms with E-state index in [1.54, 1.807) is 0 Å². The number of carbonyl (C=O) groups excluding carboxylic acids is 1. The minimum atomic E-state index is 0.0676. The van der Waals surface area contributed by atoms with Crippen molar-refractivity contribution >= 4 is 5.91 Å². The Bertz CT molecular complexity index is 304. The maximum absolute atomic E-state index is 12.4. The molecule has 0 aliphatic heterocycles. The molecule has 0 bridgehead atoms. The minimum Gasteiger partial charge on any atom is -0.342 e. The van der Waals surface area contributed by atoms with Crippen molar-refractivity contribution in [1.82, 2.24) is 4.90 Å². The SMILES string of the molecule is CCCN(CC)C(=O)[C@@H](CC)C1=CCCC=C1. The predicted molar refractivity (Wildman–Crippen MR) is 72.8 cm³/mol. The van der Waals surface area contributed by atoms with Crippen LogP contribution in [0.4, 0.5) is 0 Å². The summed E-state index contributed by atoms with van der Waals surface area (Å²) in [5.41, 5.74) is 1.22. The molecule has 96 valence electrons. The van der Waals surface area contributed by atoms with Gasteiger partial charge < -0.3 is 4.90 Å². The van der Waals surface area contributed by atoms with Crippen LogP contribution in [0.2, 0.25) is 0 Å². The summed E-state index contributed by atoms with van der Waals surface area (Å²) in [7, 11) is 0. The molecule has 1 aliphatic carbocycles. The molecule has 0 heterocycles. The van der Waals surface area contributed by atoms with Crippen LogP contribution in [0.5, 0.6) is 0 Å². The van der Waals surface area contributed by atoms with Gasteiger partial charge in [-0.2, -0.15) is 0 Å². The Morgan fingerprint density at radius 2 is 2.12 bits per heavy atom. The quantitative estimate of drug-likeness (QED) is 0.689. The molecular weight excluding hydrogens is 210 g/mol. The summed E-state index contributed by atoms with van der Waals surface area (Å²) in [6.45, 7) is 7.98. The molecule has 0 aromatic heterocycles. The van der Waals surface area contributed by atoms with Crippen molar-refractivity contribution in [2.45, 2.75) is 46.5 Å². The largest absolute Gasteiger partial charge is 0.342 e. The Morgan fingerprint density at radius 3 is 2.59 bits per heavy atom. The smallest absolute Gasteiger partial charge is 0.230 e. The van der Waals surface area contributed by atoms with Gasteiger partial charge in [-0.3, -0.25) is 4.79 Å². The van der Waals surface area contributed by atoms with Gasteiger partial charge in [0.2, 0.25) is 5.91 Å². The highest BCUT2D eigenvalue weighted by molar-refractivity contribution is 5.82. The zero-order valence-electron chi connectivity index (χ0n) is 11.4. The van der Waals surface area contributed by atoms with Crippen LogP contribution in [0.3, 0.4) is 0 Å². The molecule has 0 N–H and O–H groups in total. The van der Waals surface area contributed by atoms with Gasteiger partial charge in [0.25, 0.3) is 0 Å². The van der Waals surface area contributed by atoms with E-state index >= 15 is 0 Å². The lowest BCUT2D eigenvalue weighted by molar-refractivity contribution is -0.134. The number of allylic oxidation sites excluding steroid dienone is 3. The van der Waals surface area contributed by atoms with E-state index in [1.165, 1.54) is 5.57 Å². The molecule has 2 nitrogen and oxygen atoms in total. The molecule has 0 aromatic carbocycles. The number of amides is 1. The zero-order valence-corrected chi connectivity index (χ0v) is 11.4. The van der Waals surface area contributed by atoms with Crippen molar-refractivity contribution < 1.29 is 4.79 Å². The number of rotatable bonds is 6. The number of nitrogens with zero attached hydrogens (tertiary/aromatic N) is 1. The molecule has 0 saturated carbocycles. The molecule has 1 rings (SSSR count). The second kappa shape index (κ2) is 7.31. The van der Waals surface area contributed by atoms with E-state index in [9.17, 15) is 4.79 Å². The highest BCUT2D eigenvalue weighted by Gasteiger charge is 2.24. The normalized spacial score (nSPS) is 16.5. The summed E-state index contributed by atoms with van der Waals surface area (Å²) < 4.78 is 0. The summed E-state index contributed by atoms with van der Waals surface area (Å²) in [6, 6.07) is 0. The van der Waals surface area contributed by atoms with E-state index < -0.39 is 0 Å². The number of carbonyl (C=O) groups is 1. The third-order valence-electron chi connectivity index (χ3n) is 3.32. The van der Waals surface area contributed by atoms with Gasteiger partial charge in [-0.15, -0.1) is 0 Å². The van der Waals surface area contributed by atoms with Crippen LogP contribution >= 0.6 is 0 Å². The zero-order chi connectivity index (χ0) is 12.7. The van der Waals surface area contributed by atoms with Crippen molar-refractivity contribution in [3.8, 4) is 0 Å². The maximum atomic E-state index is 12.4. The van der Waals surface area contributed by atoms with Gasteiger partial charge in [0.15, 0.2) is 0 Å². The molecule has 0 fully saturated rings. The summed E-state index contributed by atoms with van der Waals surface area (Å²) in [5.74, 6) is 0.368. The highest BCUT2D eigenvalue weighted by atomic mass is 16.2. The molecule has 17 heavy (non-hydrogen) atoms. The van der Waals surface area contributed by atoms with E-state index in [1.807, 2.05) is 4.90 Å². The van der Waals surface area contributed by atoms with E-state index in [2.05, 4.69) is 39.0 Å². The fraction of sp³-hybridized carbons (Fsp3) is 0.667. The van der Waals surface area contributed by atoms with Crippen LogP contribution in [0, 0.1) is 5.92 Å². The fourth-order valence-corrected chi connectivity index (χ4v) is 2.36. The molecule has 0 radical (unpaired) electrons. The van der Waals surface area contributed by atoms with Gasteiger partial charge in [0, 0.05) is 13.1 Å². The first kappa shape index (κ1) is 14.0. The van der Waals surface area contributed by atoms with Gasteiger partial charge in [-0.25, -0.2) is 0 Å². The summed E-state index contributed by atoms with van der Waals surface area (Å²) in [5, 5.41) is 0. The van der Waals surface area contributed by atoms with E-state index in [0.717, 1.165) is 38.8 Å². The standard InChI is InChI=1S/C15H25NO/c1-4-12-16(6-3)15(17)14(5-2)13-10-8-7-9-11-13/h8,10-11,14H,4-7,9,12H2,1-3H3/t14-/m0/s1. The molecule has 1 amide bonds. The Morgan fingerprint density at radius 1 is 1.35 bits per heavy atom. The van der Waals surface area contributed by atoms with Crippen LogP contribution in [0.25, 0.3) is 0 Å². The Balaban J connectivity index is 2.75. The third-order valence-corrected chi connectivity index (χ3v) is 3.32. The van der Waals surface area contributed by atoms with E-state index in [0.29, 0.717) is 5.91 Å². The van der Waals surface area contributed by atoms with Gasteiger partial charge in [0.1, 0.15) is 0 Å². The van der Waals surface area contributed by atoms with Crippen molar-refractivity contribution in [2.75, 3.05) is 13.1 Å². The van der Waals surface area contributed by atoms with Crippen LogP contribution in [-0.2, 0) is 4.79 Å². The van der Waals surface area contributed by atoms with Gasteiger partial charge in [-0.05, 0) is 38.2 Å². The van der Waals surface area contributed by atoms with Crippen LogP contribution in [0.15, 0.2) is 23.8 Å². The first-order valence-electron chi connectivity index (χ1n) is 6.89. The highest BCUT2D eigenvalue weighted by Crippen LogP contribution is 2.23. The lowest BCUT2D eigenvalue weighted by Crippen LogP contribution is -2.37. The average molecular weight is 235 g/mol. The monoisotopic (exact) mass is 235 g/mol. The number of hydrogen-bond donors (Lipinski definition) is 0. The summed E-state index contributed by atoms with van der Waals surface area (Å²) in [4.78, 5) is 14.4. The molecule has 2 heteroatoms. The van der Waals surface area contributed by atoms with Gasteiger partial charge >= 0.3 is 0 Å². The topological polar surface area (TPSA) is 20.3 Å². The van der Waals surface area contributed by atoms with Gasteiger partial charge in [-0.1, -0.05) is 32.1 Å². The lowest BCUT2D eigenvalue weighted by atomic mass is 9.90. The van der Waals surface area contributed by atoms with Crippen molar-refractivity contribution in [2.24, 2.45) is 5.92 Å².